The minimum absolute atomic E-state index is 0.140. The number of fused-ring (bicyclic) bond motifs is 1. The van der Waals surface area contributed by atoms with E-state index in [4.69, 9.17) is 9.15 Å². The van der Waals surface area contributed by atoms with Gasteiger partial charge in [0.2, 0.25) is 0 Å². The Kier molecular flexibility index (Phi) is 6.65. The Balaban J connectivity index is 1.55. The second-order valence-electron chi connectivity index (χ2n) is 8.17. The number of rotatable bonds is 7. The van der Waals surface area contributed by atoms with E-state index in [1.54, 1.807) is 42.5 Å². The molecule has 1 atom stereocenters. The number of ether oxygens (including phenoxy) is 1. The van der Waals surface area contributed by atoms with Crippen LogP contribution in [0.15, 0.2) is 40.8 Å². The maximum Gasteiger partial charge on any atom is 0.338 e. The summed E-state index contributed by atoms with van der Waals surface area (Å²) in [6.45, 7) is 6.80. The molecule has 0 spiro atoms. The van der Waals surface area contributed by atoms with Gasteiger partial charge in [-0.1, -0.05) is 6.92 Å². The van der Waals surface area contributed by atoms with Gasteiger partial charge in [0.25, 0.3) is 5.91 Å². The molecule has 0 saturated heterocycles. The van der Waals surface area contributed by atoms with Gasteiger partial charge in [0.15, 0.2) is 0 Å². The third kappa shape index (κ3) is 4.88. The number of thiophene rings is 1. The number of carbonyl (C=O) groups excluding carboxylic acids is 2. The van der Waals surface area contributed by atoms with Gasteiger partial charge in [0.05, 0.1) is 24.3 Å². The molecule has 2 aromatic heterocycles. The summed E-state index contributed by atoms with van der Waals surface area (Å²) in [6.07, 6.45) is 2.98. The Morgan fingerprint density at radius 3 is 2.66 bits per heavy atom. The van der Waals surface area contributed by atoms with E-state index >= 15 is 0 Å². The summed E-state index contributed by atoms with van der Waals surface area (Å²) in [5.74, 6) is 1.81. The summed E-state index contributed by atoms with van der Waals surface area (Å²) in [7, 11) is 0. The van der Waals surface area contributed by atoms with Crippen LogP contribution < -0.4 is 10.6 Å². The molecule has 32 heavy (non-hydrogen) atoms. The summed E-state index contributed by atoms with van der Waals surface area (Å²) < 4.78 is 10.7. The fourth-order valence-corrected chi connectivity index (χ4v) is 5.36. The molecular weight excluding hydrogens is 424 g/mol. The third-order valence-corrected chi connectivity index (χ3v) is 6.82. The lowest BCUT2D eigenvalue weighted by atomic mass is 9.88. The molecule has 0 unspecified atom stereocenters. The summed E-state index contributed by atoms with van der Waals surface area (Å²) in [5, 5.41) is 7.30. The van der Waals surface area contributed by atoms with E-state index in [0.717, 1.165) is 46.9 Å². The van der Waals surface area contributed by atoms with Crippen LogP contribution >= 0.6 is 11.3 Å². The smallest absolute Gasteiger partial charge is 0.338 e. The molecule has 4 rings (SSSR count). The number of aryl methyl sites for hydroxylation is 1. The number of hydrogen-bond donors (Lipinski definition) is 2. The van der Waals surface area contributed by atoms with Crippen LogP contribution in [0.2, 0.25) is 0 Å². The van der Waals surface area contributed by atoms with Gasteiger partial charge in [-0.15, -0.1) is 11.3 Å². The Hall–Kier alpha value is -3.06. The first-order chi connectivity index (χ1) is 15.4. The predicted molar refractivity (Wildman–Crippen MR) is 127 cm³/mol. The Morgan fingerprint density at radius 2 is 1.97 bits per heavy atom. The van der Waals surface area contributed by atoms with Gasteiger partial charge >= 0.3 is 5.97 Å². The van der Waals surface area contributed by atoms with Crippen molar-refractivity contribution in [3.05, 3.63) is 69.5 Å². The van der Waals surface area contributed by atoms with Crippen LogP contribution in [-0.2, 0) is 24.1 Å². The number of hydrogen-bond acceptors (Lipinski definition) is 6. The molecule has 1 amide bonds. The number of carbonyl (C=O) groups is 2. The molecule has 2 N–H and O–H groups in total. The summed E-state index contributed by atoms with van der Waals surface area (Å²) in [5.41, 5.74) is 2.96. The van der Waals surface area contributed by atoms with Gasteiger partial charge in [-0.05, 0) is 81.0 Å². The first-order valence-corrected chi connectivity index (χ1v) is 11.8. The Bertz CT molecular complexity index is 1110. The molecular formula is C25H28N2O4S. The van der Waals surface area contributed by atoms with Crippen molar-refractivity contribution >= 4 is 33.9 Å². The summed E-state index contributed by atoms with van der Waals surface area (Å²) in [4.78, 5) is 26.5. The van der Waals surface area contributed by atoms with Crippen LogP contribution in [0.25, 0.3) is 0 Å². The average molecular weight is 453 g/mol. The van der Waals surface area contributed by atoms with Crippen molar-refractivity contribution in [2.45, 2.75) is 46.6 Å². The van der Waals surface area contributed by atoms with Gasteiger partial charge in [-0.2, -0.15) is 0 Å². The van der Waals surface area contributed by atoms with E-state index < -0.39 is 0 Å². The van der Waals surface area contributed by atoms with E-state index in [-0.39, 0.29) is 11.9 Å². The fraction of sp³-hybridized carbons (Fsp3) is 0.360. The summed E-state index contributed by atoms with van der Waals surface area (Å²) in [6, 6.07) is 10.7. The van der Waals surface area contributed by atoms with Crippen LogP contribution in [0.5, 0.6) is 0 Å². The van der Waals surface area contributed by atoms with Crippen LogP contribution in [-0.4, -0.2) is 18.5 Å². The molecule has 0 saturated carbocycles. The van der Waals surface area contributed by atoms with Crippen molar-refractivity contribution in [2.24, 2.45) is 5.92 Å². The number of furan rings is 1. The zero-order chi connectivity index (χ0) is 22.7. The van der Waals surface area contributed by atoms with E-state index in [0.29, 0.717) is 30.3 Å². The van der Waals surface area contributed by atoms with E-state index in [9.17, 15) is 9.59 Å². The standard InChI is InChI=1S/C25H28N2O4S/c1-4-30-25(29)17-7-9-18(10-8-17)27-23(28)22-20-12-5-15(2)13-21(20)32-24(22)26-14-19-11-6-16(3)31-19/h6-11,15,26H,4-5,12-14H2,1-3H3,(H,27,28)/t15-/m1/s1. The molecule has 7 heteroatoms. The van der Waals surface area contributed by atoms with Crippen molar-refractivity contribution in [2.75, 3.05) is 17.2 Å². The first-order valence-electron chi connectivity index (χ1n) is 11.0. The van der Waals surface area contributed by atoms with Crippen molar-refractivity contribution in [3.8, 4) is 0 Å². The van der Waals surface area contributed by atoms with Crippen molar-refractivity contribution < 1.29 is 18.7 Å². The minimum Gasteiger partial charge on any atom is -0.465 e. The number of benzene rings is 1. The molecule has 2 heterocycles. The van der Waals surface area contributed by atoms with Crippen molar-refractivity contribution in [1.29, 1.82) is 0 Å². The number of amides is 1. The molecule has 0 fully saturated rings. The van der Waals surface area contributed by atoms with Crippen LogP contribution in [0.3, 0.4) is 0 Å². The lowest BCUT2D eigenvalue weighted by Gasteiger charge is -2.18. The average Bonchev–Trinajstić information content (AvgIpc) is 3.35. The molecule has 0 bridgehead atoms. The largest absolute Gasteiger partial charge is 0.465 e. The van der Waals surface area contributed by atoms with Crippen molar-refractivity contribution in [3.63, 3.8) is 0 Å². The Morgan fingerprint density at radius 1 is 1.19 bits per heavy atom. The molecule has 1 aliphatic carbocycles. The van der Waals surface area contributed by atoms with Gasteiger partial charge in [0, 0.05) is 10.6 Å². The first kappa shape index (κ1) is 22.1. The van der Waals surface area contributed by atoms with E-state index in [1.165, 1.54) is 4.88 Å². The third-order valence-electron chi connectivity index (χ3n) is 5.61. The van der Waals surface area contributed by atoms with Crippen LogP contribution in [0.4, 0.5) is 10.7 Å². The predicted octanol–water partition coefficient (Wildman–Crippen LogP) is 5.82. The molecule has 3 aromatic rings. The highest BCUT2D eigenvalue weighted by Gasteiger charge is 2.27. The lowest BCUT2D eigenvalue weighted by Crippen LogP contribution is -2.18. The van der Waals surface area contributed by atoms with Crippen molar-refractivity contribution in [1.82, 2.24) is 0 Å². The topological polar surface area (TPSA) is 80.6 Å². The van der Waals surface area contributed by atoms with Gasteiger partial charge in [-0.25, -0.2) is 4.79 Å². The SMILES string of the molecule is CCOC(=O)c1ccc(NC(=O)c2c(NCc3ccc(C)o3)sc3c2CC[C@@H](C)C3)cc1. The maximum absolute atomic E-state index is 13.3. The number of nitrogens with one attached hydrogen (secondary N) is 2. The number of anilines is 2. The van der Waals surface area contributed by atoms with E-state index in [1.807, 2.05) is 19.1 Å². The molecule has 1 aromatic carbocycles. The molecule has 168 valence electrons. The fourth-order valence-electron chi connectivity index (χ4n) is 3.96. The second-order valence-corrected chi connectivity index (χ2v) is 9.28. The van der Waals surface area contributed by atoms with Gasteiger partial charge in [0.1, 0.15) is 16.5 Å². The molecule has 0 radical (unpaired) electrons. The molecule has 6 nitrogen and oxygen atoms in total. The number of esters is 1. The molecule has 1 aliphatic rings. The zero-order valence-corrected chi connectivity index (χ0v) is 19.4. The van der Waals surface area contributed by atoms with Crippen LogP contribution in [0.1, 0.15) is 62.9 Å². The highest BCUT2D eigenvalue weighted by molar-refractivity contribution is 7.16. The second kappa shape index (κ2) is 9.61. The van der Waals surface area contributed by atoms with Gasteiger partial charge in [-0.3, -0.25) is 4.79 Å². The van der Waals surface area contributed by atoms with Crippen LogP contribution in [0, 0.1) is 12.8 Å². The Labute approximate surface area is 192 Å². The quantitative estimate of drug-likeness (QED) is 0.442. The maximum atomic E-state index is 13.3. The highest BCUT2D eigenvalue weighted by Crippen LogP contribution is 2.40. The monoisotopic (exact) mass is 452 g/mol. The van der Waals surface area contributed by atoms with E-state index in [2.05, 4.69) is 17.6 Å². The summed E-state index contributed by atoms with van der Waals surface area (Å²) >= 11 is 1.67. The normalized spacial score (nSPS) is 15.2. The molecule has 0 aliphatic heterocycles. The van der Waals surface area contributed by atoms with Gasteiger partial charge < -0.3 is 19.8 Å². The minimum atomic E-state index is -0.369. The lowest BCUT2D eigenvalue weighted by molar-refractivity contribution is 0.0526. The zero-order valence-electron chi connectivity index (χ0n) is 18.6. The highest BCUT2D eigenvalue weighted by atomic mass is 32.1.